The van der Waals surface area contributed by atoms with E-state index in [1.807, 2.05) is 68.4 Å². The Morgan fingerprint density at radius 2 is 1.71 bits per heavy atom. The first-order chi connectivity index (χ1) is 15.0. The topological polar surface area (TPSA) is 64.6 Å². The molecule has 0 aliphatic rings. The molecule has 0 aliphatic carbocycles. The van der Waals surface area contributed by atoms with Gasteiger partial charge in [-0.05, 0) is 44.9 Å². The molecule has 1 aromatic heterocycles. The van der Waals surface area contributed by atoms with Crippen LogP contribution >= 0.6 is 11.3 Å². The second-order valence-electron chi connectivity index (χ2n) is 7.14. The number of anilines is 1. The Bertz CT molecular complexity index is 1030. The summed E-state index contributed by atoms with van der Waals surface area (Å²) in [5, 5.41) is 3.44. The molecule has 3 rings (SSSR count). The number of hydrogen-bond donors (Lipinski definition) is 1. The van der Waals surface area contributed by atoms with Gasteiger partial charge in [-0.2, -0.15) is 0 Å². The predicted octanol–water partition coefficient (Wildman–Crippen LogP) is 6.01. The van der Waals surface area contributed by atoms with Crippen LogP contribution in [0.2, 0.25) is 0 Å². The van der Waals surface area contributed by atoms with Crippen molar-refractivity contribution in [3.05, 3.63) is 70.6 Å². The molecule has 0 fully saturated rings. The molecule has 162 valence electrons. The predicted molar refractivity (Wildman–Crippen MR) is 125 cm³/mol. The van der Waals surface area contributed by atoms with E-state index in [0.29, 0.717) is 30.0 Å². The Morgan fingerprint density at radius 1 is 1.00 bits per heavy atom. The van der Waals surface area contributed by atoms with Gasteiger partial charge in [0.1, 0.15) is 16.3 Å². The number of amides is 1. The highest BCUT2D eigenvalue weighted by atomic mass is 32.1. The van der Waals surface area contributed by atoms with E-state index in [1.54, 1.807) is 6.92 Å². The van der Waals surface area contributed by atoms with E-state index in [-0.39, 0.29) is 12.5 Å². The van der Waals surface area contributed by atoms with Crippen molar-refractivity contribution in [2.75, 3.05) is 18.5 Å². The van der Waals surface area contributed by atoms with Gasteiger partial charge in [0.25, 0.3) is 0 Å². The fourth-order valence-corrected chi connectivity index (χ4v) is 4.31. The molecule has 5 nitrogen and oxygen atoms in total. The van der Waals surface area contributed by atoms with Crippen LogP contribution in [0.15, 0.2) is 54.6 Å². The first kappa shape index (κ1) is 22.6. The molecule has 3 aromatic rings. The molecule has 6 heteroatoms. The van der Waals surface area contributed by atoms with Crippen LogP contribution in [0.1, 0.15) is 40.6 Å². The zero-order valence-electron chi connectivity index (χ0n) is 18.1. The first-order valence-corrected chi connectivity index (χ1v) is 11.2. The maximum absolute atomic E-state index is 12.7. The van der Waals surface area contributed by atoms with Gasteiger partial charge in [-0.25, -0.2) is 4.79 Å². The highest BCUT2D eigenvalue weighted by molar-refractivity contribution is 7.17. The summed E-state index contributed by atoms with van der Waals surface area (Å²) in [6.45, 7) is 6.45. The van der Waals surface area contributed by atoms with Crippen LogP contribution in [0.25, 0.3) is 11.1 Å². The minimum absolute atomic E-state index is 0.154. The molecule has 1 N–H and O–H groups in total. The van der Waals surface area contributed by atoms with E-state index in [2.05, 4.69) is 5.32 Å². The Hall–Kier alpha value is -3.12. The lowest BCUT2D eigenvalue weighted by atomic mass is 10.0. The number of benzene rings is 2. The molecule has 1 amide bonds. The van der Waals surface area contributed by atoms with Crippen LogP contribution in [0.5, 0.6) is 5.75 Å². The van der Waals surface area contributed by atoms with Gasteiger partial charge in [-0.15, -0.1) is 11.3 Å². The number of ether oxygens (including phenoxy) is 2. The Morgan fingerprint density at radius 3 is 2.39 bits per heavy atom. The summed E-state index contributed by atoms with van der Waals surface area (Å²) in [5.41, 5.74) is 3.32. The van der Waals surface area contributed by atoms with E-state index in [0.717, 1.165) is 21.8 Å². The summed E-state index contributed by atoms with van der Waals surface area (Å²) in [5.74, 6) is 0.208. The van der Waals surface area contributed by atoms with Gasteiger partial charge in [-0.3, -0.25) is 4.79 Å². The minimum Gasteiger partial charge on any atom is -0.494 e. The van der Waals surface area contributed by atoms with Crippen molar-refractivity contribution in [3.8, 4) is 16.9 Å². The summed E-state index contributed by atoms with van der Waals surface area (Å²) in [7, 11) is 0. The summed E-state index contributed by atoms with van der Waals surface area (Å²) in [4.78, 5) is 26.2. The molecule has 0 atom stereocenters. The lowest BCUT2D eigenvalue weighted by Crippen LogP contribution is -2.15. The number of rotatable bonds is 9. The van der Waals surface area contributed by atoms with E-state index >= 15 is 0 Å². The van der Waals surface area contributed by atoms with Crippen LogP contribution in [0, 0.1) is 13.8 Å². The molecule has 0 spiro atoms. The third-order valence-corrected chi connectivity index (χ3v) is 5.74. The van der Waals surface area contributed by atoms with Crippen LogP contribution < -0.4 is 10.1 Å². The van der Waals surface area contributed by atoms with Crippen LogP contribution in [-0.2, 0) is 9.53 Å². The Kier molecular flexibility index (Phi) is 7.84. The number of hydrogen-bond acceptors (Lipinski definition) is 5. The summed E-state index contributed by atoms with van der Waals surface area (Å²) >= 11 is 1.39. The van der Waals surface area contributed by atoms with Gasteiger partial charge in [0.2, 0.25) is 5.91 Å². The average Bonchev–Trinajstić information content (AvgIpc) is 3.08. The molecule has 2 aromatic carbocycles. The third-order valence-electron chi connectivity index (χ3n) is 4.72. The molecule has 0 saturated heterocycles. The largest absolute Gasteiger partial charge is 0.494 e. The number of carbonyl (C=O) groups excluding carboxylic acids is 2. The fourth-order valence-electron chi connectivity index (χ4n) is 3.23. The first-order valence-electron chi connectivity index (χ1n) is 10.3. The smallest absolute Gasteiger partial charge is 0.341 e. The highest BCUT2D eigenvalue weighted by Gasteiger charge is 2.25. The molecule has 0 saturated carbocycles. The number of carbonyl (C=O) groups is 2. The summed E-state index contributed by atoms with van der Waals surface area (Å²) in [6, 6.07) is 17.5. The molecule has 0 aliphatic heterocycles. The van der Waals surface area contributed by atoms with Crippen LogP contribution in [0.3, 0.4) is 0 Å². The van der Waals surface area contributed by atoms with Gasteiger partial charge in [-0.1, -0.05) is 48.0 Å². The lowest BCUT2D eigenvalue weighted by molar-refractivity contribution is -0.116. The van der Waals surface area contributed by atoms with Gasteiger partial charge in [0.05, 0.1) is 13.2 Å². The molecule has 0 unspecified atom stereocenters. The quantitative estimate of drug-likeness (QED) is 0.329. The van der Waals surface area contributed by atoms with Gasteiger partial charge >= 0.3 is 5.97 Å². The number of esters is 1. The standard InChI is InChI=1S/C25H27NO4S/c1-4-29-25(28)23-22(19-9-6-5-7-10-19)18(3)31-24(23)26-21(27)11-8-16-30-20-14-12-17(2)13-15-20/h5-7,9-10,12-15H,4,8,11,16H2,1-3H3,(H,26,27). The Labute approximate surface area is 187 Å². The van der Waals surface area contributed by atoms with Crippen molar-refractivity contribution < 1.29 is 19.1 Å². The number of nitrogens with one attached hydrogen (secondary N) is 1. The average molecular weight is 438 g/mol. The van der Waals surface area contributed by atoms with E-state index in [9.17, 15) is 9.59 Å². The van der Waals surface area contributed by atoms with E-state index in [4.69, 9.17) is 9.47 Å². The maximum Gasteiger partial charge on any atom is 0.341 e. The number of aryl methyl sites for hydroxylation is 2. The van der Waals surface area contributed by atoms with Gasteiger partial charge < -0.3 is 14.8 Å². The molecular weight excluding hydrogens is 410 g/mol. The fraction of sp³-hybridized carbons (Fsp3) is 0.280. The van der Waals surface area contributed by atoms with Gasteiger partial charge in [0.15, 0.2) is 0 Å². The molecule has 0 radical (unpaired) electrons. The van der Waals surface area contributed by atoms with Crippen molar-refractivity contribution >= 4 is 28.2 Å². The number of thiophene rings is 1. The zero-order chi connectivity index (χ0) is 22.2. The van der Waals surface area contributed by atoms with Crippen LogP contribution in [0.4, 0.5) is 5.00 Å². The van der Waals surface area contributed by atoms with Crippen molar-refractivity contribution in [3.63, 3.8) is 0 Å². The normalized spacial score (nSPS) is 10.5. The molecule has 0 bridgehead atoms. The lowest BCUT2D eigenvalue weighted by Gasteiger charge is -2.09. The summed E-state index contributed by atoms with van der Waals surface area (Å²) in [6.07, 6.45) is 0.871. The zero-order valence-corrected chi connectivity index (χ0v) is 18.9. The molecule has 1 heterocycles. The van der Waals surface area contributed by atoms with E-state index < -0.39 is 5.97 Å². The van der Waals surface area contributed by atoms with Crippen molar-refractivity contribution in [2.24, 2.45) is 0 Å². The third kappa shape index (κ3) is 5.95. The van der Waals surface area contributed by atoms with E-state index in [1.165, 1.54) is 16.9 Å². The highest BCUT2D eigenvalue weighted by Crippen LogP contribution is 2.40. The van der Waals surface area contributed by atoms with Crippen LogP contribution in [-0.4, -0.2) is 25.1 Å². The summed E-state index contributed by atoms with van der Waals surface area (Å²) < 4.78 is 11.0. The maximum atomic E-state index is 12.7. The van der Waals surface area contributed by atoms with Crippen molar-refractivity contribution in [1.82, 2.24) is 0 Å². The second-order valence-corrected chi connectivity index (χ2v) is 8.36. The SMILES string of the molecule is CCOC(=O)c1c(NC(=O)CCCOc2ccc(C)cc2)sc(C)c1-c1ccccc1. The van der Waals surface area contributed by atoms with Crippen molar-refractivity contribution in [1.29, 1.82) is 0 Å². The minimum atomic E-state index is -0.427. The molecular formula is C25H27NO4S. The molecule has 31 heavy (non-hydrogen) atoms. The Balaban J connectivity index is 1.67. The van der Waals surface area contributed by atoms with Crippen molar-refractivity contribution in [2.45, 2.75) is 33.6 Å². The second kappa shape index (κ2) is 10.8. The monoisotopic (exact) mass is 437 g/mol. The van der Waals surface area contributed by atoms with Gasteiger partial charge in [0, 0.05) is 16.9 Å².